The minimum Gasteiger partial charge on any atom is -0.351 e. The topological polar surface area (TPSA) is 89.4 Å². The first-order chi connectivity index (χ1) is 12.1. The lowest BCUT2D eigenvalue weighted by Crippen LogP contribution is -2.44. The van der Waals surface area contributed by atoms with Crippen molar-refractivity contribution in [2.24, 2.45) is 11.5 Å². The van der Waals surface area contributed by atoms with Crippen LogP contribution in [0.4, 0.5) is 9.59 Å². The number of hydrogen-bond donors (Lipinski definition) is 2. The molecule has 0 unspecified atom stereocenters. The SMILES string of the molecule is CCCCCCCC/C=C\CCCCCCCCN(C(N)=O)C(N)=O. The van der Waals surface area contributed by atoms with Gasteiger partial charge in [-0.2, -0.15) is 0 Å². The third-order valence-electron chi connectivity index (χ3n) is 4.43. The number of carbonyl (C=O) groups excluding carboxylic acids is 2. The Balaban J connectivity index is 3.32. The van der Waals surface area contributed by atoms with Crippen molar-refractivity contribution < 1.29 is 9.59 Å². The Morgan fingerprint density at radius 2 is 1.08 bits per heavy atom. The number of nitrogens with zero attached hydrogens (tertiary/aromatic N) is 1. The quantitative estimate of drug-likeness (QED) is 0.284. The summed E-state index contributed by atoms with van der Waals surface area (Å²) in [6.07, 6.45) is 21.8. The molecular formula is C20H39N3O2. The van der Waals surface area contributed by atoms with Gasteiger partial charge in [-0.1, -0.05) is 76.9 Å². The van der Waals surface area contributed by atoms with Crippen LogP contribution >= 0.6 is 0 Å². The molecule has 0 heterocycles. The highest BCUT2D eigenvalue weighted by atomic mass is 16.2. The van der Waals surface area contributed by atoms with Crippen molar-refractivity contribution in [1.29, 1.82) is 0 Å². The fourth-order valence-corrected chi connectivity index (χ4v) is 2.85. The monoisotopic (exact) mass is 353 g/mol. The molecule has 0 aromatic heterocycles. The molecule has 0 rings (SSSR count). The lowest BCUT2D eigenvalue weighted by molar-refractivity contribution is 0.196. The van der Waals surface area contributed by atoms with Crippen LogP contribution in [0.25, 0.3) is 0 Å². The number of allylic oxidation sites excluding steroid dienone is 2. The molecule has 0 aliphatic heterocycles. The summed E-state index contributed by atoms with van der Waals surface area (Å²) in [7, 11) is 0. The molecule has 0 spiro atoms. The molecule has 0 fully saturated rings. The van der Waals surface area contributed by atoms with Gasteiger partial charge in [0.15, 0.2) is 0 Å². The van der Waals surface area contributed by atoms with Crippen LogP contribution in [0.2, 0.25) is 0 Å². The number of urea groups is 2. The van der Waals surface area contributed by atoms with Crippen LogP contribution in [0.1, 0.15) is 96.8 Å². The average Bonchev–Trinajstić information content (AvgIpc) is 2.57. The molecule has 0 aliphatic carbocycles. The Labute approximate surface area is 154 Å². The Bertz CT molecular complexity index is 356. The van der Waals surface area contributed by atoms with Gasteiger partial charge in [0.2, 0.25) is 0 Å². The largest absolute Gasteiger partial charge is 0.351 e. The van der Waals surface area contributed by atoms with Crippen molar-refractivity contribution in [3.63, 3.8) is 0 Å². The molecule has 5 heteroatoms. The molecule has 0 aromatic carbocycles. The zero-order valence-corrected chi connectivity index (χ0v) is 16.2. The van der Waals surface area contributed by atoms with Gasteiger partial charge in [-0.05, 0) is 32.1 Å². The average molecular weight is 354 g/mol. The number of amides is 4. The maximum Gasteiger partial charge on any atom is 0.322 e. The molecule has 4 amide bonds. The van der Waals surface area contributed by atoms with Crippen LogP contribution in [0.5, 0.6) is 0 Å². The minimum absolute atomic E-state index is 0.325. The summed E-state index contributed by atoms with van der Waals surface area (Å²) >= 11 is 0. The molecular weight excluding hydrogens is 314 g/mol. The van der Waals surface area contributed by atoms with E-state index in [1.54, 1.807) is 0 Å². The standard InChI is InChI=1S/C20H39N3O2/c1-2-3-4-5-6-7-8-9-10-11-12-13-14-15-16-17-18-23(19(21)24)20(22)25/h9-10H,2-8,11-18H2,1H3,(H2,21,24)(H2,22,25)/b10-9-. The van der Waals surface area contributed by atoms with Gasteiger partial charge in [-0.25, -0.2) is 14.5 Å². The number of rotatable bonds is 16. The summed E-state index contributed by atoms with van der Waals surface area (Å²) in [5, 5.41) is 0. The van der Waals surface area contributed by atoms with Gasteiger partial charge < -0.3 is 11.5 Å². The minimum atomic E-state index is -0.764. The summed E-state index contributed by atoms with van der Waals surface area (Å²) in [5.74, 6) is 0. The van der Waals surface area contributed by atoms with E-state index >= 15 is 0 Å². The number of hydrogen-bond acceptors (Lipinski definition) is 2. The van der Waals surface area contributed by atoms with Gasteiger partial charge in [0, 0.05) is 6.54 Å². The molecule has 5 nitrogen and oxygen atoms in total. The van der Waals surface area contributed by atoms with E-state index in [0.29, 0.717) is 6.54 Å². The van der Waals surface area contributed by atoms with Gasteiger partial charge >= 0.3 is 12.1 Å². The maximum absolute atomic E-state index is 11.0. The number of imide groups is 1. The van der Waals surface area contributed by atoms with Gasteiger partial charge in [-0.3, -0.25) is 0 Å². The highest BCUT2D eigenvalue weighted by Gasteiger charge is 2.14. The summed E-state index contributed by atoms with van der Waals surface area (Å²) < 4.78 is 0. The third-order valence-corrected chi connectivity index (χ3v) is 4.43. The molecule has 0 radical (unpaired) electrons. The molecule has 0 saturated heterocycles. The van der Waals surface area contributed by atoms with Gasteiger partial charge in [0.05, 0.1) is 0 Å². The molecule has 25 heavy (non-hydrogen) atoms. The van der Waals surface area contributed by atoms with Crippen LogP contribution in [0.15, 0.2) is 12.2 Å². The predicted molar refractivity (Wildman–Crippen MR) is 105 cm³/mol. The number of carbonyl (C=O) groups is 2. The van der Waals surface area contributed by atoms with Crippen LogP contribution in [-0.2, 0) is 0 Å². The first kappa shape index (κ1) is 23.5. The molecule has 0 atom stereocenters. The van der Waals surface area contributed by atoms with E-state index < -0.39 is 12.1 Å². The summed E-state index contributed by atoms with van der Waals surface area (Å²) in [5.41, 5.74) is 10.2. The Morgan fingerprint density at radius 1 is 0.680 bits per heavy atom. The van der Waals surface area contributed by atoms with Crippen LogP contribution < -0.4 is 11.5 Å². The van der Waals surface area contributed by atoms with Crippen molar-refractivity contribution >= 4 is 12.1 Å². The Hall–Kier alpha value is -1.52. The van der Waals surface area contributed by atoms with Crippen LogP contribution in [0.3, 0.4) is 0 Å². The number of nitrogens with two attached hydrogens (primary N) is 2. The molecule has 146 valence electrons. The predicted octanol–water partition coefficient (Wildman–Crippen LogP) is 5.48. The lowest BCUT2D eigenvalue weighted by atomic mass is 10.1. The van der Waals surface area contributed by atoms with Crippen molar-refractivity contribution in [2.45, 2.75) is 96.8 Å². The summed E-state index contributed by atoms with van der Waals surface area (Å²) in [6.45, 7) is 2.58. The summed E-state index contributed by atoms with van der Waals surface area (Å²) in [4.78, 5) is 22.8. The first-order valence-corrected chi connectivity index (χ1v) is 10.1. The second kappa shape index (κ2) is 17.3. The molecule has 0 bridgehead atoms. The second-order valence-corrected chi connectivity index (χ2v) is 6.77. The van der Waals surface area contributed by atoms with E-state index in [1.165, 1.54) is 70.6 Å². The number of unbranched alkanes of at least 4 members (excludes halogenated alkanes) is 12. The van der Waals surface area contributed by atoms with Crippen molar-refractivity contribution in [3.8, 4) is 0 Å². The van der Waals surface area contributed by atoms with Gasteiger partial charge in [-0.15, -0.1) is 0 Å². The highest BCUT2D eigenvalue weighted by molar-refractivity contribution is 5.91. The van der Waals surface area contributed by atoms with Crippen LogP contribution in [0, 0.1) is 0 Å². The van der Waals surface area contributed by atoms with Gasteiger partial charge in [0.25, 0.3) is 0 Å². The van der Waals surface area contributed by atoms with E-state index in [-0.39, 0.29) is 0 Å². The second-order valence-electron chi connectivity index (χ2n) is 6.77. The molecule has 0 aliphatic rings. The zero-order chi connectivity index (χ0) is 18.8. The molecule has 0 aromatic rings. The normalized spacial score (nSPS) is 11.1. The van der Waals surface area contributed by atoms with Crippen molar-refractivity contribution in [3.05, 3.63) is 12.2 Å². The lowest BCUT2D eigenvalue weighted by Gasteiger charge is -2.15. The molecule has 0 saturated carbocycles. The Morgan fingerprint density at radius 3 is 1.52 bits per heavy atom. The fourth-order valence-electron chi connectivity index (χ4n) is 2.85. The van der Waals surface area contributed by atoms with E-state index in [4.69, 9.17) is 11.5 Å². The summed E-state index contributed by atoms with van der Waals surface area (Å²) in [6, 6.07) is -1.53. The first-order valence-electron chi connectivity index (χ1n) is 10.1. The maximum atomic E-state index is 11.0. The third kappa shape index (κ3) is 15.7. The highest BCUT2D eigenvalue weighted by Crippen LogP contribution is 2.10. The Kier molecular flexibility index (Phi) is 16.3. The van der Waals surface area contributed by atoms with E-state index in [1.807, 2.05) is 0 Å². The smallest absolute Gasteiger partial charge is 0.322 e. The number of primary amides is 2. The van der Waals surface area contributed by atoms with E-state index in [2.05, 4.69) is 19.1 Å². The fraction of sp³-hybridized carbons (Fsp3) is 0.800. The van der Waals surface area contributed by atoms with E-state index in [0.717, 1.165) is 24.2 Å². The zero-order valence-electron chi connectivity index (χ0n) is 16.2. The van der Waals surface area contributed by atoms with Gasteiger partial charge in [0.1, 0.15) is 0 Å². The van der Waals surface area contributed by atoms with Crippen LogP contribution in [-0.4, -0.2) is 23.5 Å². The molecule has 4 N–H and O–H groups in total. The van der Waals surface area contributed by atoms with Crippen molar-refractivity contribution in [2.75, 3.05) is 6.54 Å². The van der Waals surface area contributed by atoms with Crippen molar-refractivity contribution in [1.82, 2.24) is 4.90 Å². The van der Waals surface area contributed by atoms with E-state index in [9.17, 15) is 9.59 Å².